The second-order valence-corrected chi connectivity index (χ2v) is 8.32. The molecule has 0 aromatic carbocycles. The number of carbonyl (C=O) groups excluding carboxylic acids is 2. The number of sulfonamides is 1. The molecular formula is C16H22N6O4S. The molecule has 1 atom stereocenters. The van der Waals surface area contributed by atoms with Crippen LogP contribution in [-0.4, -0.2) is 47.2 Å². The van der Waals surface area contributed by atoms with Crippen molar-refractivity contribution in [1.82, 2.24) is 19.1 Å². The molecule has 0 aliphatic carbocycles. The summed E-state index contributed by atoms with van der Waals surface area (Å²) in [5, 5.41) is 4.23. The van der Waals surface area contributed by atoms with Gasteiger partial charge in [-0.05, 0) is 25.8 Å². The summed E-state index contributed by atoms with van der Waals surface area (Å²) < 4.78 is 30.8. The molecule has 2 aromatic rings. The van der Waals surface area contributed by atoms with E-state index >= 15 is 0 Å². The molecule has 2 amide bonds. The van der Waals surface area contributed by atoms with Crippen LogP contribution >= 0.6 is 0 Å². The lowest BCUT2D eigenvalue weighted by Crippen LogP contribution is -2.52. The van der Waals surface area contributed by atoms with Crippen molar-refractivity contribution in [3.63, 3.8) is 0 Å². The van der Waals surface area contributed by atoms with Crippen molar-refractivity contribution in [3.8, 4) is 0 Å². The van der Waals surface area contributed by atoms with Crippen LogP contribution < -0.4 is 15.4 Å². The Kier molecular flexibility index (Phi) is 4.82. The molecule has 1 fully saturated rings. The van der Waals surface area contributed by atoms with Crippen LogP contribution in [0.25, 0.3) is 0 Å². The molecule has 11 heteroatoms. The van der Waals surface area contributed by atoms with E-state index < -0.39 is 22.0 Å². The summed E-state index contributed by atoms with van der Waals surface area (Å²) in [5.74, 6) is -0.443. The molecule has 146 valence electrons. The fourth-order valence-electron chi connectivity index (χ4n) is 3.24. The highest BCUT2D eigenvalue weighted by atomic mass is 32.2. The van der Waals surface area contributed by atoms with E-state index in [2.05, 4.69) is 9.82 Å². The normalized spacial score (nSPS) is 18.1. The second kappa shape index (κ2) is 6.82. The van der Waals surface area contributed by atoms with Gasteiger partial charge in [-0.25, -0.2) is 8.42 Å². The van der Waals surface area contributed by atoms with Gasteiger partial charge in [0.1, 0.15) is 22.4 Å². The number of primary amides is 1. The van der Waals surface area contributed by atoms with Crippen molar-refractivity contribution in [1.29, 1.82) is 0 Å². The summed E-state index contributed by atoms with van der Waals surface area (Å²) in [7, 11) is -0.727. The molecule has 0 unspecified atom stereocenters. The number of amides is 2. The molecule has 0 spiro atoms. The largest absolute Gasteiger partial charge is 0.364 e. The van der Waals surface area contributed by atoms with Crippen LogP contribution in [0, 0.1) is 6.92 Å². The Hall–Kier alpha value is -2.66. The van der Waals surface area contributed by atoms with Gasteiger partial charge in [0.2, 0.25) is 15.9 Å². The van der Waals surface area contributed by atoms with Gasteiger partial charge in [0.05, 0.1) is 5.69 Å². The van der Waals surface area contributed by atoms with E-state index in [0.29, 0.717) is 25.2 Å². The molecule has 0 bridgehead atoms. The minimum Gasteiger partial charge on any atom is -0.364 e. The van der Waals surface area contributed by atoms with Gasteiger partial charge in [-0.2, -0.15) is 9.82 Å². The van der Waals surface area contributed by atoms with E-state index in [0.717, 1.165) is 5.69 Å². The number of hydrogen-bond acceptors (Lipinski definition) is 5. The predicted molar refractivity (Wildman–Crippen MR) is 97.6 cm³/mol. The number of hydrogen-bond donors (Lipinski definition) is 2. The van der Waals surface area contributed by atoms with E-state index in [4.69, 9.17) is 5.73 Å². The Balaban J connectivity index is 1.84. The Morgan fingerprint density at radius 1 is 1.33 bits per heavy atom. The molecular weight excluding hydrogens is 372 g/mol. The number of aromatic nitrogens is 3. The van der Waals surface area contributed by atoms with Gasteiger partial charge in [-0.3, -0.25) is 19.2 Å². The van der Waals surface area contributed by atoms with Gasteiger partial charge < -0.3 is 10.3 Å². The molecule has 1 aliphatic rings. The summed E-state index contributed by atoms with van der Waals surface area (Å²) in [6.45, 7) is 2.32. The summed E-state index contributed by atoms with van der Waals surface area (Å²) >= 11 is 0. The molecule has 0 radical (unpaired) electrons. The monoisotopic (exact) mass is 394 g/mol. The number of nitrogens with two attached hydrogens (primary N) is 1. The third kappa shape index (κ3) is 3.60. The minimum atomic E-state index is -3.99. The third-order valence-corrected chi connectivity index (χ3v) is 5.97. The number of nitrogens with one attached hydrogen (secondary N) is 1. The van der Waals surface area contributed by atoms with E-state index in [1.165, 1.54) is 28.8 Å². The molecule has 3 heterocycles. The molecule has 10 nitrogen and oxygen atoms in total. The molecule has 3 N–H and O–H groups in total. The zero-order chi connectivity index (χ0) is 19.9. The Bertz CT molecular complexity index is 1010. The standard InChI is InChI=1S/C16H22N6O4S/c1-10-7-14(21(3)18-10)22-6-4-5-12(16(22)24)19-27(25,26)11-8-13(15(17)23)20(2)9-11/h7-9,12,19H,4-6H2,1-3H3,(H2,17,23)/t12-/m1/s1. The number of anilines is 1. The zero-order valence-corrected chi connectivity index (χ0v) is 16.2. The topological polar surface area (TPSA) is 132 Å². The first-order valence-electron chi connectivity index (χ1n) is 8.40. The molecule has 27 heavy (non-hydrogen) atoms. The smallest absolute Gasteiger partial charge is 0.265 e. The summed E-state index contributed by atoms with van der Waals surface area (Å²) in [6.07, 6.45) is 2.32. The first kappa shape index (κ1) is 19.1. The lowest BCUT2D eigenvalue weighted by molar-refractivity contribution is -0.121. The van der Waals surface area contributed by atoms with Gasteiger partial charge in [-0.1, -0.05) is 0 Å². The number of aryl methyl sites for hydroxylation is 3. The van der Waals surface area contributed by atoms with Crippen molar-refractivity contribution in [2.75, 3.05) is 11.4 Å². The van der Waals surface area contributed by atoms with Crippen LogP contribution in [0.1, 0.15) is 29.0 Å². The van der Waals surface area contributed by atoms with Gasteiger partial charge in [0.15, 0.2) is 0 Å². The van der Waals surface area contributed by atoms with E-state index in [9.17, 15) is 18.0 Å². The maximum Gasteiger partial charge on any atom is 0.265 e. The van der Waals surface area contributed by atoms with E-state index in [1.54, 1.807) is 17.8 Å². The molecule has 3 rings (SSSR count). The Morgan fingerprint density at radius 3 is 2.59 bits per heavy atom. The fourth-order valence-corrected chi connectivity index (χ4v) is 4.54. The average molecular weight is 394 g/mol. The minimum absolute atomic E-state index is 0.0670. The number of rotatable bonds is 5. The average Bonchev–Trinajstić information content (AvgIpc) is 3.12. The molecule has 0 saturated carbocycles. The van der Waals surface area contributed by atoms with Crippen molar-refractivity contribution in [3.05, 3.63) is 29.7 Å². The Morgan fingerprint density at radius 2 is 2.04 bits per heavy atom. The summed E-state index contributed by atoms with van der Waals surface area (Å²) in [4.78, 5) is 25.6. The van der Waals surface area contributed by atoms with E-state index in [-0.39, 0.29) is 16.5 Å². The SMILES string of the molecule is Cc1cc(N2CCC[C@@H](NS(=O)(=O)c3cc(C(N)=O)n(C)c3)C2=O)n(C)n1. The highest BCUT2D eigenvalue weighted by Crippen LogP contribution is 2.23. The fraction of sp³-hybridized carbons (Fsp3) is 0.438. The first-order chi connectivity index (χ1) is 12.6. The summed E-state index contributed by atoms with van der Waals surface area (Å²) in [6, 6.07) is 2.09. The van der Waals surface area contributed by atoms with Gasteiger partial charge in [0, 0.05) is 32.9 Å². The van der Waals surface area contributed by atoms with Crippen molar-refractivity contribution >= 4 is 27.7 Å². The van der Waals surface area contributed by atoms with Gasteiger partial charge in [-0.15, -0.1) is 0 Å². The van der Waals surface area contributed by atoms with Crippen LogP contribution in [0.3, 0.4) is 0 Å². The predicted octanol–water partition coefficient (Wildman–Crippen LogP) is -0.360. The molecule has 2 aromatic heterocycles. The van der Waals surface area contributed by atoms with Gasteiger partial charge in [0.25, 0.3) is 5.91 Å². The van der Waals surface area contributed by atoms with Crippen LogP contribution in [0.15, 0.2) is 23.2 Å². The third-order valence-electron chi connectivity index (χ3n) is 4.53. The lowest BCUT2D eigenvalue weighted by atomic mass is 10.1. The number of carbonyl (C=O) groups is 2. The van der Waals surface area contributed by atoms with Crippen molar-refractivity contribution in [2.45, 2.75) is 30.7 Å². The van der Waals surface area contributed by atoms with Crippen molar-refractivity contribution < 1.29 is 18.0 Å². The van der Waals surface area contributed by atoms with E-state index in [1.807, 2.05) is 6.92 Å². The second-order valence-electron chi connectivity index (χ2n) is 6.61. The molecule has 1 saturated heterocycles. The number of nitrogens with zero attached hydrogens (tertiary/aromatic N) is 4. The maximum atomic E-state index is 12.9. The Labute approximate surface area is 157 Å². The highest BCUT2D eigenvalue weighted by Gasteiger charge is 2.34. The van der Waals surface area contributed by atoms with Crippen molar-refractivity contribution in [2.24, 2.45) is 19.8 Å². The van der Waals surface area contributed by atoms with Gasteiger partial charge >= 0.3 is 0 Å². The highest BCUT2D eigenvalue weighted by molar-refractivity contribution is 7.89. The summed E-state index contributed by atoms with van der Waals surface area (Å²) in [5.41, 5.74) is 6.07. The van der Waals surface area contributed by atoms with Crippen LogP contribution in [-0.2, 0) is 28.9 Å². The van der Waals surface area contributed by atoms with Crippen LogP contribution in [0.5, 0.6) is 0 Å². The van der Waals surface area contributed by atoms with Crippen LogP contribution in [0.4, 0.5) is 5.82 Å². The zero-order valence-electron chi connectivity index (χ0n) is 15.3. The molecule has 1 aliphatic heterocycles. The number of piperidine rings is 1. The van der Waals surface area contributed by atoms with Crippen LogP contribution in [0.2, 0.25) is 0 Å². The maximum absolute atomic E-state index is 12.9. The quantitative estimate of drug-likeness (QED) is 0.715. The first-order valence-corrected chi connectivity index (χ1v) is 9.89. The lowest BCUT2D eigenvalue weighted by Gasteiger charge is -2.32.